The van der Waals surface area contributed by atoms with Crippen LogP contribution in [0.5, 0.6) is 5.75 Å². The average Bonchev–Trinajstić information content (AvgIpc) is 3.32. The zero-order valence-corrected chi connectivity index (χ0v) is 17.3. The summed E-state index contributed by atoms with van der Waals surface area (Å²) in [6, 6.07) is 12.9. The Hall–Kier alpha value is -2.99. The Morgan fingerprint density at radius 1 is 1.10 bits per heavy atom. The van der Waals surface area contributed by atoms with E-state index in [2.05, 4.69) is 11.9 Å². The lowest BCUT2D eigenvalue weighted by Crippen LogP contribution is -2.37. The second-order valence-corrected chi connectivity index (χ2v) is 8.24. The summed E-state index contributed by atoms with van der Waals surface area (Å²) in [5.74, 6) is 0.556. The Labute approximate surface area is 180 Å². The third-order valence-corrected chi connectivity index (χ3v) is 6.24. The average molecular weight is 426 g/mol. The van der Waals surface area contributed by atoms with Crippen molar-refractivity contribution in [3.8, 4) is 16.9 Å². The number of aromatic hydroxyl groups is 1. The monoisotopic (exact) mass is 425 g/mol. The number of nitrogens with one attached hydrogen (secondary N) is 1. The molecule has 2 aromatic rings. The van der Waals surface area contributed by atoms with E-state index in [1.807, 2.05) is 35.2 Å². The molecule has 2 amide bonds. The highest BCUT2D eigenvalue weighted by Gasteiger charge is 2.42. The second kappa shape index (κ2) is 8.40. The van der Waals surface area contributed by atoms with Crippen LogP contribution in [0.2, 0.25) is 5.02 Å². The van der Waals surface area contributed by atoms with Crippen molar-refractivity contribution in [1.82, 2.24) is 9.80 Å². The molecular weight excluding hydrogens is 402 g/mol. The molecule has 0 bridgehead atoms. The number of hydrogen-bond acceptors (Lipinski definition) is 4. The zero-order chi connectivity index (χ0) is 21.3. The number of benzene rings is 2. The molecule has 0 radical (unpaired) electrons. The number of nitrogens with zero attached hydrogens (tertiary/aromatic N) is 2. The Morgan fingerprint density at radius 2 is 1.73 bits per heavy atom. The fourth-order valence-corrected chi connectivity index (χ4v) is 4.60. The maximum atomic E-state index is 12.7. The fourth-order valence-electron chi connectivity index (χ4n) is 4.33. The predicted octanol–water partition coefficient (Wildman–Crippen LogP) is 3.23. The van der Waals surface area contributed by atoms with E-state index in [0.29, 0.717) is 48.7 Å². The van der Waals surface area contributed by atoms with E-state index in [0.717, 1.165) is 11.1 Å². The summed E-state index contributed by atoms with van der Waals surface area (Å²) in [4.78, 5) is 28.1. The highest BCUT2D eigenvalue weighted by molar-refractivity contribution is 6.33. The van der Waals surface area contributed by atoms with Gasteiger partial charge in [-0.2, -0.15) is 0 Å². The molecular formula is C23H24ClN3O3. The molecule has 2 N–H and O–H groups in total. The van der Waals surface area contributed by atoms with E-state index < -0.39 is 0 Å². The number of halogens is 1. The highest BCUT2D eigenvalue weighted by Crippen LogP contribution is 2.36. The van der Waals surface area contributed by atoms with Crippen LogP contribution in [0.25, 0.3) is 11.1 Å². The number of carbonyl (C=O) groups excluding carboxylic acids is 2. The summed E-state index contributed by atoms with van der Waals surface area (Å²) in [7, 11) is 0. The van der Waals surface area contributed by atoms with Crippen molar-refractivity contribution in [2.45, 2.75) is 0 Å². The van der Waals surface area contributed by atoms with Crippen molar-refractivity contribution in [3.63, 3.8) is 0 Å². The quantitative estimate of drug-likeness (QED) is 0.570. The molecule has 2 heterocycles. The Kier molecular flexibility index (Phi) is 5.68. The molecule has 30 heavy (non-hydrogen) atoms. The number of phenolic OH excluding ortho intramolecular Hbond substituents is 1. The first-order valence-corrected chi connectivity index (χ1v) is 10.3. The van der Waals surface area contributed by atoms with Crippen LogP contribution in [0.15, 0.2) is 55.1 Å². The molecule has 0 spiro atoms. The first-order valence-electron chi connectivity index (χ1n) is 9.97. The van der Waals surface area contributed by atoms with Gasteiger partial charge in [0.1, 0.15) is 5.75 Å². The summed E-state index contributed by atoms with van der Waals surface area (Å²) < 4.78 is 0. The van der Waals surface area contributed by atoms with Crippen LogP contribution in [-0.2, 0) is 9.59 Å². The van der Waals surface area contributed by atoms with Crippen molar-refractivity contribution < 1.29 is 14.7 Å². The summed E-state index contributed by atoms with van der Waals surface area (Å²) in [6.07, 6.45) is 1.34. The molecule has 2 saturated heterocycles. The molecule has 6 nitrogen and oxygen atoms in total. The minimum absolute atomic E-state index is 0.00403. The lowest BCUT2D eigenvalue weighted by molar-refractivity contribution is -0.128. The first-order chi connectivity index (χ1) is 14.5. The van der Waals surface area contributed by atoms with E-state index in [1.54, 1.807) is 11.0 Å². The van der Waals surface area contributed by atoms with Gasteiger partial charge in [0.15, 0.2) is 0 Å². The van der Waals surface area contributed by atoms with Crippen molar-refractivity contribution >= 4 is 29.1 Å². The molecule has 2 aromatic carbocycles. The first kappa shape index (κ1) is 20.3. The molecule has 2 fully saturated rings. The second-order valence-electron chi connectivity index (χ2n) is 7.84. The number of phenols is 1. The summed E-state index contributed by atoms with van der Waals surface area (Å²) in [5.41, 5.74) is 2.18. The van der Waals surface area contributed by atoms with Gasteiger partial charge in [-0.25, -0.2) is 0 Å². The zero-order valence-electron chi connectivity index (χ0n) is 16.6. The number of hydrogen-bond donors (Lipinski definition) is 2. The predicted molar refractivity (Wildman–Crippen MR) is 117 cm³/mol. The molecule has 2 unspecified atom stereocenters. The number of likely N-dealkylation sites (tertiary alicyclic amines) is 2. The third kappa shape index (κ3) is 4.00. The minimum atomic E-state index is -0.0450. The number of amides is 2. The third-order valence-electron chi connectivity index (χ3n) is 5.93. The van der Waals surface area contributed by atoms with Gasteiger partial charge in [-0.05, 0) is 17.7 Å². The van der Waals surface area contributed by atoms with Gasteiger partial charge in [-0.1, -0.05) is 48.5 Å². The van der Waals surface area contributed by atoms with Gasteiger partial charge < -0.3 is 20.2 Å². The number of fused-ring (bicyclic) bond motifs is 1. The summed E-state index contributed by atoms with van der Waals surface area (Å²) in [6.45, 7) is 6.26. The smallest absolute Gasteiger partial charge is 0.245 e. The maximum Gasteiger partial charge on any atom is 0.245 e. The van der Waals surface area contributed by atoms with Gasteiger partial charge >= 0.3 is 0 Å². The number of rotatable bonds is 5. The fraction of sp³-hybridized carbons (Fsp3) is 0.304. The normalized spacial score (nSPS) is 20.2. The molecule has 156 valence electrons. The van der Waals surface area contributed by atoms with Crippen LogP contribution in [0, 0.1) is 11.8 Å². The van der Waals surface area contributed by atoms with Crippen molar-refractivity contribution in [1.29, 1.82) is 0 Å². The molecule has 7 heteroatoms. The van der Waals surface area contributed by atoms with Crippen LogP contribution < -0.4 is 5.32 Å². The van der Waals surface area contributed by atoms with Crippen molar-refractivity contribution in [3.05, 3.63) is 60.1 Å². The standard InChI is InChI=1S/C23H24ClN3O3/c1-2-22(29)26-11-16-13-27(14-17(16)12-26)23(30)10-25-20-8-18(19(24)9-21(20)28)15-6-4-3-5-7-15/h2-9,16-17,25,28H,1,10-14H2. The van der Waals surface area contributed by atoms with Crippen molar-refractivity contribution in [2.75, 3.05) is 38.0 Å². The minimum Gasteiger partial charge on any atom is -0.506 e. The molecule has 2 aliphatic rings. The van der Waals surface area contributed by atoms with Gasteiger partial charge in [0.2, 0.25) is 11.8 Å². The van der Waals surface area contributed by atoms with Gasteiger partial charge in [0.25, 0.3) is 0 Å². The Morgan fingerprint density at radius 3 is 2.37 bits per heavy atom. The lowest BCUT2D eigenvalue weighted by atomic mass is 10.0. The lowest BCUT2D eigenvalue weighted by Gasteiger charge is -2.21. The molecule has 4 rings (SSSR count). The molecule has 2 aliphatic heterocycles. The number of anilines is 1. The topological polar surface area (TPSA) is 72.9 Å². The number of carbonyl (C=O) groups is 2. The molecule has 0 aromatic heterocycles. The Bertz CT molecular complexity index is 965. The highest BCUT2D eigenvalue weighted by atomic mass is 35.5. The molecule has 0 saturated carbocycles. The van der Waals surface area contributed by atoms with Crippen molar-refractivity contribution in [2.24, 2.45) is 11.8 Å². The van der Waals surface area contributed by atoms with Crippen LogP contribution >= 0.6 is 11.6 Å². The summed E-state index contributed by atoms with van der Waals surface area (Å²) in [5, 5.41) is 13.8. The van der Waals surface area contributed by atoms with Crippen LogP contribution in [0.4, 0.5) is 5.69 Å². The van der Waals surface area contributed by atoms with Gasteiger partial charge in [-0.3, -0.25) is 9.59 Å². The van der Waals surface area contributed by atoms with E-state index in [9.17, 15) is 14.7 Å². The van der Waals surface area contributed by atoms with Crippen LogP contribution in [-0.4, -0.2) is 59.4 Å². The van der Waals surface area contributed by atoms with Gasteiger partial charge in [-0.15, -0.1) is 0 Å². The van der Waals surface area contributed by atoms with Crippen LogP contribution in [0.1, 0.15) is 0 Å². The van der Waals surface area contributed by atoms with E-state index in [1.165, 1.54) is 12.1 Å². The van der Waals surface area contributed by atoms with Gasteiger partial charge in [0.05, 0.1) is 17.3 Å². The molecule has 2 atom stereocenters. The van der Waals surface area contributed by atoms with E-state index in [-0.39, 0.29) is 24.1 Å². The molecule has 0 aliphatic carbocycles. The maximum absolute atomic E-state index is 12.7. The largest absolute Gasteiger partial charge is 0.506 e. The van der Waals surface area contributed by atoms with Crippen LogP contribution in [0.3, 0.4) is 0 Å². The van der Waals surface area contributed by atoms with Gasteiger partial charge in [0, 0.05) is 49.6 Å². The Balaban J connectivity index is 1.38. The van der Waals surface area contributed by atoms with E-state index >= 15 is 0 Å². The summed E-state index contributed by atoms with van der Waals surface area (Å²) >= 11 is 6.30. The van der Waals surface area contributed by atoms with E-state index in [4.69, 9.17) is 11.6 Å². The SMILES string of the molecule is C=CC(=O)N1CC2CN(C(=O)CNc3cc(-c4ccccc4)c(Cl)cc3O)CC2C1.